The summed E-state index contributed by atoms with van der Waals surface area (Å²) in [5.74, 6) is -0.551. The summed E-state index contributed by atoms with van der Waals surface area (Å²) in [6.07, 6.45) is 4.71. The van der Waals surface area contributed by atoms with Gasteiger partial charge in [-0.1, -0.05) is 42.8 Å². The van der Waals surface area contributed by atoms with Crippen molar-refractivity contribution in [1.82, 2.24) is 10.3 Å². The summed E-state index contributed by atoms with van der Waals surface area (Å²) in [7, 11) is 0. The van der Waals surface area contributed by atoms with Crippen LogP contribution in [0.25, 0.3) is 0 Å². The molecule has 0 saturated heterocycles. The van der Waals surface area contributed by atoms with Crippen LogP contribution in [0.3, 0.4) is 0 Å². The molecule has 170 valence electrons. The fraction of sp³-hybridized carbons (Fsp3) is 0.259. The van der Waals surface area contributed by atoms with Gasteiger partial charge in [-0.05, 0) is 55.7 Å². The summed E-state index contributed by atoms with van der Waals surface area (Å²) in [5, 5.41) is 11.3. The third-order valence-electron chi connectivity index (χ3n) is 5.52. The van der Waals surface area contributed by atoms with Crippen molar-refractivity contribution < 1.29 is 9.59 Å². The highest BCUT2D eigenvalue weighted by molar-refractivity contribution is 6.10. The molecule has 0 aliphatic rings. The Balaban J connectivity index is 1.72. The van der Waals surface area contributed by atoms with Gasteiger partial charge in [-0.2, -0.15) is 0 Å². The number of amides is 2. The highest BCUT2D eigenvalue weighted by Gasteiger charge is 2.19. The van der Waals surface area contributed by atoms with E-state index < -0.39 is 0 Å². The van der Waals surface area contributed by atoms with Crippen molar-refractivity contribution in [2.75, 3.05) is 18.0 Å². The number of likely N-dealkylation sites (N-methyl/N-ethyl adjacent to an activating group) is 1. The lowest BCUT2D eigenvalue weighted by Crippen LogP contribution is -2.40. The van der Waals surface area contributed by atoms with Gasteiger partial charge in [-0.25, -0.2) is 0 Å². The van der Waals surface area contributed by atoms with Gasteiger partial charge in [0.1, 0.15) is 0 Å². The molecule has 0 atom stereocenters. The van der Waals surface area contributed by atoms with Gasteiger partial charge in [-0.15, -0.1) is 0 Å². The Bertz CT molecular complexity index is 1120. The van der Waals surface area contributed by atoms with E-state index in [4.69, 9.17) is 5.41 Å². The molecule has 3 rings (SSSR count). The summed E-state index contributed by atoms with van der Waals surface area (Å²) in [6.45, 7) is 6.28. The lowest BCUT2D eigenvalue weighted by Gasteiger charge is -2.22. The molecule has 0 fully saturated rings. The maximum atomic E-state index is 13.0. The van der Waals surface area contributed by atoms with Gasteiger partial charge >= 0.3 is 0 Å². The van der Waals surface area contributed by atoms with E-state index in [0.29, 0.717) is 29.8 Å². The van der Waals surface area contributed by atoms with Crippen LogP contribution >= 0.6 is 0 Å². The molecule has 2 aromatic carbocycles. The van der Waals surface area contributed by atoms with Crippen molar-refractivity contribution in [2.45, 2.75) is 33.6 Å². The molecule has 0 radical (unpaired) electrons. The number of pyridine rings is 1. The Morgan fingerprint density at radius 3 is 2.39 bits per heavy atom. The fourth-order valence-electron chi connectivity index (χ4n) is 3.67. The molecular weight excluding hydrogens is 412 g/mol. The number of benzene rings is 2. The molecule has 2 N–H and O–H groups in total. The Morgan fingerprint density at radius 2 is 1.76 bits per heavy atom. The number of aromatic nitrogens is 1. The first-order valence-corrected chi connectivity index (χ1v) is 11.2. The lowest BCUT2D eigenvalue weighted by atomic mass is 9.96. The fourth-order valence-corrected chi connectivity index (χ4v) is 3.67. The SMILES string of the molecule is CCc1ccc(N(CC)C(=O)CNC(=O)c2cc(C)ccc2C(=N)Cc2cccnc2)cc1. The molecule has 1 aromatic heterocycles. The Kier molecular flexibility index (Phi) is 8.08. The number of anilines is 1. The molecule has 0 aliphatic carbocycles. The maximum Gasteiger partial charge on any atom is 0.252 e. The first-order chi connectivity index (χ1) is 15.9. The molecule has 0 aliphatic heterocycles. The number of hydrogen-bond acceptors (Lipinski definition) is 4. The Labute approximate surface area is 195 Å². The van der Waals surface area contributed by atoms with Crippen LogP contribution in [0.4, 0.5) is 5.69 Å². The minimum Gasteiger partial charge on any atom is -0.343 e. The van der Waals surface area contributed by atoms with Crippen LogP contribution in [-0.4, -0.2) is 35.6 Å². The van der Waals surface area contributed by atoms with Crippen molar-refractivity contribution in [3.8, 4) is 0 Å². The lowest BCUT2D eigenvalue weighted by molar-refractivity contribution is -0.117. The number of hydrogen-bond donors (Lipinski definition) is 2. The number of carbonyl (C=O) groups excluding carboxylic acids is 2. The van der Waals surface area contributed by atoms with Crippen molar-refractivity contribution in [3.63, 3.8) is 0 Å². The summed E-state index contributed by atoms with van der Waals surface area (Å²) in [6, 6.07) is 17.0. The normalized spacial score (nSPS) is 10.5. The van der Waals surface area contributed by atoms with E-state index in [1.54, 1.807) is 29.4 Å². The molecule has 3 aromatic rings. The number of aryl methyl sites for hydroxylation is 2. The van der Waals surface area contributed by atoms with E-state index in [1.165, 1.54) is 5.56 Å². The van der Waals surface area contributed by atoms with Crippen LogP contribution in [0.5, 0.6) is 0 Å². The second-order valence-corrected chi connectivity index (χ2v) is 7.91. The molecule has 6 nitrogen and oxygen atoms in total. The zero-order valence-electron chi connectivity index (χ0n) is 19.4. The predicted octanol–water partition coefficient (Wildman–Crippen LogP) is 4.35. The third kappa shape index (κ3) is 6.13. The van der Waals surface area contributed by atoms with Gasteiger partial charge in [0, 0.05) is 47.9 Å². The maximum absolute atomic E-state index is 13.0. The van der Waals surface area contributed by atoms with Gasteiger partial charge in [0.2, 0.25) is 5.91 Å². The number of carbonyl (C=O) groups is 2. The van der Waals surface area contributed by atoms with Crippen LogP contribution in [0, 0.1) is 12.3 Å². The van der Waals surface area contributed by atoms with Crippen molar-refractivity contribution in [2.24, 2.45) is 0 Å². The van der Waals surface area contributed by atoms with Crippen molar-refractivity contribution >= 4 is 23.2 Å². The van der Waals surface area contributed by atoms with Gasteiger partial charge in [0.05, 0.1) is 6.54 Å². The molecule has 0 saturated carbocycles. The second-order valence-electron chi connectivity index (χ2n) is 7.91. The van der Waals surface area contributed by atoms with Crippen LogP contribution in [0.2, 0.25) is 0 Å². The minimum absolute atomic E-state index is 0.120. The molecule has 0 bridgehead atoms. The van der Waals surface area contributed by atoms with Crippen LogP contribution < -0.4 is 10.2 Å². The van der Waals surface area contributed by atoms with Crippen LogP contribution in [0.1, 0.15) is 46.5 Å². The first-order valence-electron chi connectivity index (χ1n) is 11.2. The zero-order chi connectivity index (χ0) is 23.8. The van der Waals surface area contributed by atoms with Crippen LogP contribution in [0.15, 0.2) is 67.0 Å². The second kappa shape index (κ2) is 11.2. The van der Waals surface area contributed by atoms with Gasteiger partial charge in [-0.3, -0.25) is 14.6 Å². The van der Waals surface area contributed by atoms with E-state index in [9.17, 15) is 9.59 Å². The van der Waals surface area contributed by atoms with E-state index in [1.807, 2.05) is 56.3 Å². The Hall–Kier alpha value is -3.80. The van der Waals surface area contributed by atoms with E-state index in [2.05, 4.69) is 17.2 Å². The van der Waals surface area contributed by atoms with E-state index in [0.717, 1.165) is 23.2 Å². The monoisotopic (exact) mass is 442 g/mol. The highest BCUT2D eigenvalue weighted by atomic mass is 16.2. The van der Waals surface area contributed by atoms with Gasteiger partial charge in [0.15, 0.2) is 0 Å². The third-order valence-corrected chi connectivity index (χ3v) is 5.52. The van der Waals surface area contributed by atoms with Gasteiger partial charge in [0.25, 0.3) is 5.91 Å². The highest BCUT2D eigenvalue weighted by Crippen LogP contribution is 2.17. The van der Waals surface area contributed by atoms with Crippen molar-refractivity contribution in [3.05, 3.63) is 94.8 Å². The molecule has 0 unspecified atom stereocenters. The van der Waals surface area contributed by atoms with Crippen molar-refractivity contribution in [1.29, 1.82) is 5.41 Å². The van der Waals surface area contributed by atoms with E-state index in [-0.39, 0.29) is 18.4 Å². The average Bonchev–Trinajstić information content (AvgIpc) is 2.84. The predicted molar refractivity (Wildman–Crippen MR) is 132 cm³/mol. The first kappa shape index (κ1) is 23.9. The standard InChI is InChI=1S/C27H30N4O2/c1-4-20-9-11-22(12-10-20)31(5-2)26(32)18-30-27(33)24-15-19(3)8-13-23(24)25(28)16-21-7-6-14-29-17-21/h6-15,17,28H,4-5,16,18H2,1-3H3,(H,30,33). The topological polar surface area (TPSA) is 86.2 Å². The number of rotatable bonds is 9. The molecule has 2 amide bonds. The quantitative estimate of drug-likeness (QED) is 0.483. The van der Waals surface area contributed by atoms with Gasteiger partial charge < -0.3 is 15.6 Å². The summed E-state index contributed by atoms with van der Waals surface area (Å²) >= 11 is 0. The molecule has 0 spiro atoms. The summed E-state index contributed by atoms with van der Waals surface area (Å²) in [5.41, 5.74) is 5.10. The largest absolute Gasteiger partial charge is 0.343 e. The molecule has 6 heteroatoms. The number of nitrogens with zero attached hydrogens (tertiary/aromatic N) is 2. The minimum atomic E-state index is -0.365. The molecule has 1 heterocycles. The molecule has 33 heavy (non-hydrogen) atoms. The number of nitrogens with one attached hydrogen (secondary N) is 2. The van der Waals surface area contributed by atoms with E-state index >= 15 is 0 Å². The van der Waals surface area contributed by atoms with Crippen LogP contribution in [-0.2, 0) is 17.6 Å². The zero-order valence-corrected chi connectivity index (χ0v) is 19.4. The Morgan fingerprint density at radius 1 is 1.00 bits per heavy atom. The summed E-state index contributed by atoms with van der Waals surface area (Å²) < 4.78 is 0. The smallest absolute Gasteiger partial charge is 0.252 e. The summed E-state index contributed by atoms with van der Waals surface area (Å²) in [4.78, 5) is 31.6. The average molecular weight is 443 g/mol. The molecular formula is C27H30N4O2.